The zero-order valence-corrected chi connectivity index (χ0v) is 20.8. The largest absolute Gasteiger partial charge is 0.337 e. The maximum absolute atomic E-state index is 6.37. The van der Waals surface area contributed by atoms with Crippen molar-refractivity contribution in [1.29, 1.82) is 0 Å². The molecule has 1 atom stereocenters. The van der Waals surface area contributed by atoms with E-state index in [1.165, 1.54) is 10.9 Å². The lowest BCUT2D eigenvalue weighted by Gasteiger charge is -2.09. The van der Waals surface area contributed by atoms with Gasteiger partial charge in [0.15, 0.2) is 5.82 Å². The Morgan fingerprint density at radius 3 is 2.69 bits per heavy atom. The first-order chi connectivity index (χ1) is 17.0. The Morgan fingerprint density at radius 2 is 1.86 bits per heavy atom. The van der Waals surface area contributed by atoms with Crippen LogP contribution in [0.25, 0.3) is 55.4 Å². The Labute approximate surface area is 206 Å². The van der Waals surface area contributed by atoms with Crippen LogP contribution in [-0.2, 0) is 6.54 Å². The number of para-hydroxylation sites is 1. The number of hydrogen-bond acceptors (Lipinski definition) is 4. The second-order valence-electron chi connectivity index (χ2n) is 9.09. The summed E-state index contributed by atoms with van der Waals surface area (Å²) in [6.07, 6.45) is 3.83. The van der Waals surface area contributed by atoms with E-state index in [1.54, 1.807) is 0 Å². The first-order valence-corrected chi connectivity index (χ1v) is 13.3. The minimum atomic E-state index is -0.954. The molecule has 3 aromatic heterocycles. The molecule has 170 valence electrons. The van der Waals surface area contributed by atoms with Crippen molar-refractivity contribution in [3.63, 3.8) is 0 Å². The van der Waals surface area contributed by atoms with Crippen molar-refractivity contribution in [2.24, 2.45) is 0 Å². The van der Waals surface area contributed by atoms with Gasteiger partial charge in [-0.3, -0.25) is 9.44 Å². The number of nitrogens with one attached hydrogen (secondary N) is 1. The number of fused-ring (bicyclic) bond motifs is 3. The summed E-state index contributed by atoms with van der Waals surface area (Å²) in [4.78, 5) is 15.1. The summed E-state index contributed by atoms with van der Waals surface area (Å²) >= 11 is 0. The van der Waals surface area contributed by atoms with E-state index in [0.717, 1.165) is 56.5 Å². The molecule has 0 saturated carbocycles. The van der Waals surface area contributed by atoms with Crippen LogP contribution in [0.1, 0.15) is 5.56 Å². The number of aromatic nitrogens is 5. The van der Waals surface area contributed by atoms with E-state index in [-0.39, 0.29) is 0 Å². The SMILES string of the molecule is [B]P(C)n1nc(-c2nc3c(CN(C)C)cccc3[nH]2)c2cc(-c3cncc4ccccc34)ccc21. The van der Waals surface area contributed by atoms with Gasteiger partial charge in [-0.25, -0.2) is 4.98 Å². The molecule has 1 unspecified atom stereocenters. The normalized spacial score (nSPS) is 12.8. The molecule has 35 heavy (non-hydrogen) atoms. The average molecular weight is 474 g/mol. The number of pyridine rings is 1. The molecular formula is C27H24BN6P. The molecule has 0 aliphatic carbocycles. The molecule has 2 radical (unpaired) electrons. The summed E-state index contributed by atoms with van der Waals surface area (Å²) in [5.41, 5.74) is 7.14. The van der Waals surface area contributed by atoms with E-state index in [0.29, 0.717) is 0 Å². The van der Waals surface area contributed by atoms with Gasteiger partial charge in [0.05, 0.1) is 16.6 Å². The Hall–Kier alpha value is -3.54. The Balaban J connectivity index is 1.57. The van der Waals surface area contributed by atoms with E-state index in [9.17, 15) is 0 Å². The molecule has 3 heterocycles. The second kappa shape index (κ2) is 8.60. The maximum Gasteiger partial charge on any atom is 0.159 e. The molecule has 3 aromatic carbocycles. The average Bonchev–Trinajstić information content (AvgIpc) is 3.45. The van der Waals surface area contributed by atoms with Crippen molar-refractivity contribution < 1.29 is 0 Å². The van der Waals surface area contributed by atoms with Crippen LogP contribution >= 0.6 is 7.95 Å². The maximum atomic E-state index is 6.37. The molecule has 0 saturated heterocycles. The predicted molar refractivity (Wildman–Crippen MR) is 147 cm³/mol. The van der Waals surface area contributed by atoms with Gasteiger partial charge in [-0.15, -0.1) is 0 Å². The quantitative estimate of drug-likeness (QED) is 0.253. The van der Waals surface area contributed by atoms with Crippen molar-refractivity contribution in [3.05, 3.63) is 78.6 Å². The second-order valence-corrected chi connectivity index (χ2v) is 10.6. The molecule has 0 aliphatic rings. The molecule has 0 amide bonds. The van der Waals surface area contributed by atoms with Crippen LogP contribution in [0.5, 0.6) is 0 Å². The van der Waals surface area contributed by atoms with Crippen LogP contribution < -0.4 is 0 Å². The first-order valence-electron chi connectivity index (χ1n) is 11.5. The zero-order valence-electron chi connectivity index (χ0n) is 19.9. The molecule has 6 aromatic rings. The number of rotatable bonds is 5. The van der Waals surface area contributed by atoms with Crippen LogP contribution in [0.4, 0.5) is 0 Å². The fourth-order valence-electron chi connectivity index (χ4n) is 4.70. The van der Waals surface area contributed by atoms with Gasteiger partial charge in [-0.1, -0.05) is 42.5 Å². The summed E-state index contributed by atoms with van der Waals surface area (Å²) < 4.78 is 1.93. The number of imidazole rings is 1. The minimum absolute atomic E-state index is 0.750. The van der Waals surface area contributed by atoms with Crippen LogP contribution in [0.15, 0.2) is 73.1 Å². The lowest BCUT2D eigenvalue weighted by molar-refractivity contribution is 0.404. The minimum Gasteiger partial charge on any atom is -0.337 e. The van der Waals surface area contributed by atoms with Gasteiger partial charge in [0.25, 0.3) is 0 Å². The Morgan fingerprint density at radius 1 is 1.00 bits per heavy atom. The Bertz CT molecular complexity index is 1700. The molecule has 0 aliphatic heterocycles. The third-order valence-electron chi connectivity index (χ3n) is 6.25. The highest BCUT2D eigenvalue weighted by molar-refractivity contribution is 7.80. The summed E-state index contributed by atoms with van der Waals surface area (Å²) in [6.45, 7) is 2.82. The third-order valence-corrected chi connectivity index (χ3v) is 7.15. The number of H-pyrrole nitrogens is 1. The van der Waals surface area contributed by atoms with Gasteiger partial charge in [-0.2, -0.15) is 5.10 Å². The molecule has 6 rings (SSSR count). The van der Waals surface area contributed by atoms with Crippen molar-refractivity contribution in [3.8, 4) is 22.6 Å². The predicted octanol–water partition coefficient (Wildman–Crippen LogP) is 5.81. The number of nitrogens with zero attached hydrogens (tertiary/aromatic N) is 5. The lowest BCUT2D eigenvalue weighted by atomic mass is 9.99. The van der Waals surface area contributed by atoms with Gasteiger partial charge in [0, 0.05) is 35.3 Å². The molecule has 8 heteroatoms. The van der Waals surface area contributed by atoms with Crippen molar-refractivity contribution in [1.82, 2.24) is 29.4 Å². The first kappa shape index (κ1) is 22.0. The van der Waals surface area contributed by atoms with Gasteiger partial charge < -0.3 is 9.88 Å². The Kier molecular flexibility index (Phi) is 5.39. The number of hydrogen-bond donors (Lipinski definition) is 1. The van der Waals surface area contributed by atoms with E-state index >= 15 is 0 Å². The number of benzene rings is 3. The summed E-state index contributed by atoms with van der Waals surface area (Å²) in [6, 6.07) is 21.0. The van der Waals surface area contributed by atoms with Crippen molar-refractivity contribution >= 4 is 48.2 Å². The van der Waals surface area contributed by atoms with Gasteiger partial charge in [0.2, 0.25) is 0 Å². The van der Waals surface area contributed by atoms with Crippen LogP contribution in [0.3, 0.4) is 0 Å². The molecule has 0 fully saturated rings. The van der Waals surface area contributed by atoms with Gasteiger partial charge >= 0.3 is 0 Å². The van der Waals surface area contributed by atoms with Crippen molar-refractivity contribution in [2.45, 2.75) is 6.54 Å². The fraction of sp³-hybridized carbons (Fsp3) is 0.148. The summed E-state index contributed by atoms with van der Waals surface area (Å²) in [5.74, 6) is 0.750. The fourth-order valence-corrected chi connectivity index (χ4v) is 5.45. The topological polar surface area (TPSA) is 62.6 Å². The number of aromatic amines is 1. The standard InChI is InChI=1S/C27H24BN6P/c1-33(2)16-19-8-6-10-23-25(19)31-27(30-23)26-21-13-17(11-12-24(21)34(32-26)35(3)28)22-15-29-14-18-7-4-5-9-20(18)22/h4-15H,16H2,1-3H3,(H,30,31). The van der Waals surface area contributed by atoms with Gasteiger partial charge in [0.1, 0.15) is 13.3 Å². The highest BCUT2D eigenvalue weighted by Gasteiger charge is 2.19. The molecular weight excluding hydrogens is 450 g/mol. The monoisotopic (exact) mass is 474 g/mol. The highest BCUT2D eigenvalue weighted by atomic mass is 31.1. The smallest absolute Gasteiger partial charge is 0.159 e. The van der Waals surface area contributed by atoms with E-state index in [1.807, 2.05) is 29.6 Å². The van der Waals surface area contributed by atoms with Crippen molar-refractivity contribution in [2.75, 3.05) is 20.8 Å². The third kappa shape index (κ3) is 3.81. The van der Waals surface area contributed by atoms with Crippen LogP contribution in [0.2, 0.25) is 0 Å². The van der Waals surface area contributed by atoms with Gasteiger partial charge in [-0.05, 0) is 63.4 Å². The van der Waals surface area contributed by atoms with Crippen LogP contribution in [-0.4, -0.2) is 57.7 Å². The van der Waals surface area contributed by atoms with E-state index < -0.39 is 7.95 Å². The molecule has 0 spiro atoms. The zero-order chi connectivity index (χ0) is 24.1. The van der Waals surface area contributed by atoms with E-state index in [4.69, 9.17) is 17.6 Å². The molecule has 0 bridgehead atoms. The van der Waals surface area contributed by atoms with E-state index in [2.05, 4.69) is 83.6 Å². The highest BCUT2D eigenvalue weighted by Crippen LogP contribution is 2.39. The molecule has 1 N–H and O–H groups in total. The van der Waals surface area contributed by atoms with Crippen LogP contribution in [0, 0.1) is 0 Å². The summed E-state index contributed by atoms with van der Waals surface area (Å²) in [5, 5.41) is 8.25. The molecule has 6 nitrogen and oxygen atoms in total. The lowest BCUT2D eigenvalue weighted by Crippen LogP contribution is -2.10. The summed E-state index contributed by atoms with van der Waals surface area (Å²) in [7, 11) is 9.55.